The van der Waals surface area contributed by atoms with E-state index < -0.39 is 0 Å². The van der Waals surface area contributed by atoms with Crippen LogP contribution in [0.4, 0.5) is 5.69 Å². The molecule has 2 aliphatic rings. The third-order valence-electron chi connectivity index (χ3n) is 3.34. The Morgan fingerprint density at radius 1 is 1.45 bits per heavy atom. The van der Waals surface area contributed by atoms with Crippen molar-refractivity contribution in [3.05, 3.63) is 39.7 Å². The fraction of sp³-hybridized carbons (Fsp3) is 0.286. The maximum atomic E-state index is 12.6. The van der Waals surface area contributed by atoms with Gasteiger partial charge in [-0.25, -0.2) is 0 Å². The molecule has 1 aromatic carbocycles. The van der Waals surface area contributed by atoms with Crippen LogP contribution in [0.5, 0.6) is 0 Å². The molecule has 20 heavy (non-hydrogen) atoms. The highest BCUT2D eigenvalue weighted by Gasteiger charge is 2.34. The molecular formula is C14H13BrN2OS2. The SMILES string of the molecule is O=C1/C(=C/C2CCCN2)SC(=S)N1c1ccccc1Br. The number of amides is 1. The van der Waals surface area contributed by atoms with Gasteiger partial charge >= 0.3 is 0 Å². The summed E-state index contributed by atoms with van der Waals surface area (Å²) in [5.74, 6) is -0.0272. The van der Waals surface area contributed by atoms with Gasteiger partial charge in [0.1, 0.15) is 0 Å². The molecule has 3 nitrogen and oxygen atoms in total. The van der Waals surface area contributed by atoms with Gasteiger partial charge in [-0.3, -0.25) is 9.69 Å². The van der Waals surface area contributed by atoms with Crippen molar-refractivity contribution in [2.45, 2.75) is 18.9 Å². The van der Waals surface area contributed by atoms with Gasteiger partial charge in [0.05, 0.1) is 10.6 Å². The fourth-order valence-electron chi connectivity index (χ4n) is 2.36. The molecule has 1 aromatic rings. The summed E-state index contributed by atoms with van der Waals surface area (Å²) in [5, 5.41) is 3.37. The smallest absolute Gasteiger partial charge is 0.270 e. The van der Waals surface area contributed by atoms with Gasteiger partial charge in [0.15, 0.2) is 4.32 Å². The zero-order valence-corrected chi connectivity index (χ0v) is 13.9. The van der Waals surface area contributed by atoms with E-state index in [-0.39, 0.29) is 5.91 Å². The number of nitrogens with one attached hydrogen (secondary N) is 1. The van der Waals surface area contributed by atoms with Gasteiger partial charge in [-0.1, -0.05) is 36.1 Å². The molecule has 1 N–H and O–H groups in total. The van der Waals surface area contributed by atoms with E-state index in [9.17, 15) is 4.79 Å². The number of nitrogens with zero attached hydrogens (tertiary/aromatic N) is 1. The Hall–Kier alpha value is -0.690. The van der Waals surface area contributed by atoms with Crippen LogP contribution in [0, 0.1) is 0 Å². The highest BCUT2D eigenvalue weighted by atomic mass is 79.9. The van der Waals surface area contributed by atoms with Crippen LogP contribution < -0.4 is 10.2 Å². The number of carbonyl (C=O) groups excluding carboxylic acids is 1. The van der Waals surface area contributed by atoms with E-state index in [0.717, 1.165) is 34.5 Å². The minimum atomic E-state index is -0.0272. The summed E-state index contributed by atoms with van der Waals surface area (Å²) in [4.78, 5) is 14.9. The first-order valence-electron chi connectivity index (χ1n) is 6.43. The van der Waals surface area contributed by atoms with E-state index in [2.05, 4.69) is 21.2 Å². The number of hydrogen-bond acceptors (Lipinski definition) is 4. The number of halogens is 1. The van der Waals surface area contributed by atoms with Crippen LogP contribution in [0.1, 0.15) is 12.8 Å². The average Bonchev–Trinajstić information content (AvgIpc) is 3.01. The van der Waals surface area contributed by atoms with E-state index >= 15 is 0 Å². The third-order valence-corrected chi connectivity index (χ3v) is 5.33. The number of hydrogen-bond donors (Lipinski definition) is 1. The number of anilines is 1. The zero-order chi connectivity index (χ0) is 14.1. The fourth-order valence-corrected chi connectivity index (χ4v) is 4.14. The average molecular weight is 369 g/mol. The third kappa shape index (κ3) is 2.70. The normalized spacial score (nSPS) is 24.9. The van der Waals surface area contributed by atoms with E-state index in [4.69, 9.17) is 12.2 Å². The first-order chi connectivity index (χ1) is 9.66. The van der Waals surface area contributed by atoms with Crippen molar-refractivity contribution >= 4 is 55.8 Å². The molecule has 1 amide bonds. The van der Waals surface area contributed by atoms with Gasteiger partial charge in [0, 0.05) is 10.5 Å². The summed E-state index contributed by atoms with van der Waals surface area (Å²) in [7, 11) is 0. The quantitative estimate of drug-likeness (QED) is 0.639. The Kier molecular flexibility index (Phi) is 4.26. The second-order valence-electron chi connectivity index (χ2n) is 4.69. The molecule has 6 heteroatoms. The molecule has 0 saturated carbocycles. The summed E-state index contributed by atoms with van der Waals surface area (Å²) in [5.41, 5.74) is 0.804. The molecule has 0 spiro atoms. The van der Waals surface area contributed by atoms with Crippen LogP contribution >= 0.6 is 39.9 Å². The van der Waals surface area contributed by atoms with Crippen LogP contribution in [0.15, 0.2) is 39.7 Å². The maximum absolute atomic E-state index is 12.6. The van der Waals surface area contributed by atoms with Crippen LogP contribution in [0.3, 0.4) is 0 Å². The Morgan fingerprint density at radius 2 is 2.25 bits per heavy atom. The van der Waals surface area contributed by atoms with Gasteiger partial charge in [0.2, 0.25) is 0 Å². The van der Waals surface area contributed by atoms with Gasteiger partial charge in [0.25, 0.3) is 5.91 Å². The zero-order valence-electron chi connectivity index (χ0n) is 10.6. The van der Waals surface area contributed by atoms with E-state index in [1.807, 2.05) is 30.3 Å². The Labute approximate surface area is 135 Å². The summed E-state index contributed by atoms with van der Waals surface area (Å²) in [6.07, 6.45) is 4.26. The number of benzene rings is 1. The first-order valence-corrected chi connectivity index (χ1v) is 8.44. The lowest BCUT2D eigenvalue weighted by Gasteiger charge is -2.16. The number of para-hydroxylation sites is 1. The highest BCUT2D eigenvalue weighted by Crippen LogP contribution is 2.38. The van der Waals surface area contributed by atoms with Gasteiger partial charge in [-0.15, -0.1) is 0 Å². The number of thioether (sulfide) groups is 1. The number of thiocarbonyl (C=S) groups is 1. The molecule has 104 valence electrons. The van der Waals surface area contributed by atoms with Crippen molar-refractivity contribution in [1.29, 1.82) is 0 Å². The molecule has 3 rings (SSSR count). The molecule has 2 aliphatic heterocycles. The minimum Gasteiger partial charge on any atom is -0.310 e. The largest absolute Gasteiger partial charge is 0.310 e. The van der Waals surface area contributed by atoms with Crippen LogP contribution in [-0.2, 0) is 4.79 Å². The molecule has 0 bridgehead atoms. The van der Waals surface area contributed by atoms with Crippen molar-refractivity contribution in [2.75, 3.05) is 11.4 Å². The molecule has 2 heterocycles. The Bertz CT molecular complexity index is 597. The van der Waals surface area contributed by atoms with Crippen molar-refractivity contribution in [3.63, 3.8) is 0 Å². The molecule has 2 fully saturated rings. The van der Waals surface area contributed by atoms with E-state index in [1.165, 1.54) is 11.8 Å². The predicted molar refractivity (Wildman–Crippen MR) is 90.9 cm³/mol. The molecule has 2 saturated heterocycles. The molecular weight excluding hydrogens is 356 g/mol. The van der Waals surface area contributed by atoms with Crippen molar-refractivity contribution in [1.82, 2.24) is 5.32 Å². The molecule has 0 radical (unpaired) electrons. The summed E-state index contributed by atoms with van der Waals surface area (Å²) < 4.78 is 1.46. The van der Waals surface area contributed by atoms with Gasteiger partial charge in [-0.05, 0) is 53.5 Å². The molecule has 1 atom stereocenters. The van der Waals surface area contributed by atoms with E-state index in [1.54, 1.807) is 4.90 Å². The molecule has 1 unspecified atom stereocenters. The van der Waals surface area contributed by atoms with Gasteiger partial charge < -0.3 is 5.32 Å². The van der Waals surface area contributed by atoms with E-state index in [0.29, 0.717) is 10.4 Å². The maximum Gasteiger partial charge on any atom is 0.270 e. The van der Waals surface area contributed by atoms with Crippen molar-refractivity contribution in [2.24, 2.45) is 0 Å². The summed E-state index contributed by atoms with van der Waals surface area (Å²) >= 11 is 10.2. The topological polar surface area (TPSA) is 32.3 Å². The van der Waals surface area contributed by atoms with Crippen molar-refractivity contribution in [3.8, 4) is 0 Å². The minimum absolute atomic E-state index is 0.0272. The van der Waals surface area contributed by atoms with Gasteiger partial charge in [-0.2, -0.15) is 0 Å². The van der Waals surface area contributed by atoms with Crippen LogP contribution in [0.25, 0.3) is 0 Å². The number of carbonyl (C=O) groups is 1. The van der Waals surface area contributed by atoms with Crippen LogP contribution in [-0.4, -0.2) is 22.8 Å². The lowest BCUT2D eigenvalue weighted by Crippen LogP contribution is -2.28. The lowest BCUT2D eigenvalue weighted by atomic mass is 10.2. The van der Waals surface area contributed by atoms with Crippen molar-refractivity contribution < 1.29 is 4.79 Å². The molecule has 0 aliphatic carbocycles. The first kappa shape index (κ1) is 14.3. The Balaban J connectivity index is 1.89. The standard InChI is InChI=1S/C14H13BrN2OS2/c15-10-5-1-2-6-11(10)17-13(18)12(20-14(17)19)8-9-4-3-7-16-9/h1-2,5-6,8-9,16H,3-4,7H2/b12-8-. The highest BCUT2D eigenvalue weighted by molar-refractivity contribution is 9.10. The summed E-state index contributed by atoms with van der Waals surface area (Å²) in [6.45, 7) is 1.02. The second-order valence-corrected chi connectivity index (χ2v) is 7.22. The summed E-state index contributed by atoms with van der Waals surface area (Å²) in [6, 6.07) is 7.93. The monoisotopic (exact) mass is 368 g/mol. The lowest BCUT2D eigenvalue weighted by molar-refractivity contribution is -0.113. The molecule has 0 aromatic heterocycles. The number of rotatable bonds is 2. The van der Waals surface area contributed by atoms with Crippen LogP contribution in [0.2, 0.25) is 0 Å². The second kappa shape index (κ2) is 5.97. The Morgan fingerprint density at radius 3 is 2.95 bits per heavy atom. The predicted octanol–water partition coefficient (Wildman–Crippen LogP) is 3.45.